The summed E-state index contributed by atoms with van der Waals surface area (Å²) in [6, 6.07) is 2.82. The predicted octanol–water partition coefficient (Wildman–Crippen LogP) is -5.92. The number of nitrogens with zero attached hydrogens (tertiary/aromatic N) is 8. The van der Waals surface area contributed by atoms with Crippen LogP contribution in [0.5, 0.6) is 0 Å². The molecular formula is C31H39N11O19P2. The highest BCUT2D eigenvalue weighted by Gasteiger charge is 2.50. The zero-order valence-electron chi connectivity index (χ0n) is 31.9. The molecule has 342 valence electrons. The van der Waals surface area contributed by atoms with Crippen molar-refractivity contribution in [2.24, 2.45) is 5.73 Å². The van der Waals surface area contributed by atoms with Gasteiger partial charge in [-0.05, 0) is 6.07 Å². The van der Waals surface area contributed by atoms with Gasteiger partial charge in [-0.2, -0.15) is 4.57 Å². The molecule has 0 radical (unpaired) electrons. The number of aliphatic hydroxyl groups excluding tert-OH is 7. The van der Waals surface area contributed by atoms with Gasteiger partial charge in [0.25, 0.3) is 25.5 Å². The van der Waals surface area contributed by atoms with Gasteiger partial charge in [0, 0.05) is 6.07 Å². The third-order valence-corrected chi connectivity index (χ3v) is 12.5. The first-order valence-corrected chi connectivity index (χ1v) is 21.2. The van der Waals surface area contributed by atoms with E-state index in [2.05, 4.69) is 43.3 Å². The van der Waals surface area contributed by atoms with Crippen LogP contribution in [0.2, 0.25) is 0 Å². The number of hydrogen-bond acceptors (Lipinski definition) is 24. The Morgan fingerprint density at radius 3 is 2.08 bits per heavy atom. The van der Waals surface area contributed by atoms with E-state index in [4.69, 9.17) is 30.8 Å². The fourth-order valence-corrected chi connectivity index (χ4v) is 8.78. The number of nitrogen functional groups attached to an aromatic ring is 1. The molecule has 5 aromatic rings. The summed E-state index contributed by atoms with van der Waals surface area (Å²) in [5.74, 6) is -0.729. The minimum atomic E-state index is -5.62. The number of ether oxygens (including phenoxy) is 3. The van der Waals surface area contributed by atoms with Gasteiger partial charge in [0.2, 0.25) is 0 Å². The highest BCUT2D eigenvalue weighted by Crippen LogP contribution is 2.58. The van der Waals surface area contributed by atoms with Crippen molar-refractivity contribution in [3.63, 3.8) is 0 Å². The third-order valence-electron chi connectivity index (χ3n) is 9.89. The Balaban J connectivity index is 0.000000259. The summed E-state index contributed by atoms with van der Waals surface area (Å²) in [5, 5.41) is 70.2. The third kappa shape index (κ3) is 9.53. The molecule has 0 saturated carbocycles. The average Bonchev–Trinajstić information content (AvgIpc) is 4.05. The average molecular weight is 932 g/mol. The molecule has 5 aromatic heterocycles. The molecule has 2 unspecified atom stereocenters. The number of anilines is 1. The van der Waals surface area contributed by atoms with Crippen LogP contribution < -0.4 is 26.5 Å². The Kier molecular flexibility index (Phi) is 13.4. The van der Waals surface area contributed by atoms with E-state index >= 15 is 0 Å². The number of nitrogens with one attached hydrogen (secondary N) is 1. The number of amides is 1. The molecule has 3 fully saturated rings. The van der Waals surface area contributed by atoms with Crippen LogP contribution in [0.3, 0.4) is 0 Å². The van der Waals surface area contributed by atoms with E-state index in [1.807, 2.05) is 0 Å². The Labute approximate surface area is 350 Å². The van der Waals surface area contributed by atoms with Crippen molar-refractivity contribution in [2.75, 3.05) is 25.6 Å². The fourth-order valence-electron chi connectivity index (χ4n) is 6.73. The minimum absolute atomic E-state index is 0.0446. The zero-order valence-corrected chi connectivity index (χ0v) is 33.7. The smallest absolute Gasteiger partial charge is 0.478 e. The van der Waals surface area contributed by atoms with Crippen molar-refractivity contribution >= 4 is 49.7 Å². The van der Waals surface area contributed by atoms with Gasteiger partial charge in [0.15, 0.2) is 53.6 Å². The summed E-state index contributed by atoms with van der Waals surface area (Å²) >= 11 is 0. The van der Waals surface area contributed by atoms with Gasteiger partial charge in [0.05, 0.1) is 38.8 Å². The van der Waals surface area contributed by atoms with Crippen molar-refractivity contribution in [3.8, 4) is 0 Å². The molecule has 32 heteroatoms. The lowest BCUT2D eigenvalue weighted by molar-refractivity contribution is -0.765. The van der Waals surface area contributed by atoms with Crippen LogP contribution in [0.4, 0.5) is 5.82 Å². The normalized spacial score (nSPS) is 31.4. The number of aromatic amines is 1. The van der Waals surface area contributed by atoms with Gasteiger partial charge in [-0.25, -0.2) is 33.8 Å². The summed E-state index contributed by atoms with van der Waals surface area (Å²) in [4.78, 5) is 67.3. The number of carbonyl (C=O) groups excluding carboxylic acids is 1. The van der Waals surface area contributed by atoms with Crippen LogP contribution in [0, 0.1) is 0 Å². The number of fused-ring (bicyclic) bond motifs is 2. The zero-order chi connectivity index (χ0) is 45.5. The van der Waals surface area contributed by atoms with Crippen molar-refractivity contribution in [3.05, 3.63) is 65.8 Å². The molecule has 14 atom stereocenters. The molecule has 0 aliphatic carbocycles. The van der Waals surface area contributed by atoms with E-state index in [1.165, 1.54) is 57.2 Å². The van der Waals surface area contributed by atoms with Crippen LogP contribution in [-0.2, 0) is 36.7 Å². The lowest BCUT2D eigenvalue weighted by atomic mass is 10.1. The second-order valence-corrected chi connectivity index (χ2v) is 17.0. The number of rotatable bonds is 13. The maximum atomic E-state index is 12.4. The number of pyridine rings is 1. The van der Waals surface area contributed by atoms with Gasteiger partial charge >= 0.3 is 7.82 Å². The largest absolute Gasteiger partial charge is 0.756 e. The van der Waals surface area contributed by atoms with Gasteiger partial charge in [-0.1, -0.05) is 0 Å². The standard InChI is InChI=1S/C21H27N7O14P2.C10H12N4O5/c22-17-12-19(25-7-24-17)28(8-26-12)21-16(32)14(30)11(41-21)6-39-44(36,37)42-43(34,35)38-5-10-13(29)15(31)20(40-10)27-3-1-2-9(4-27)18(23)33;15-1-4-6(16)7(17)10(19-4)14-3-13-5-8(14)11-2-12-9(5)18/h1-4,7-8,10-11,13-16,20-21,29-32H,5-6H2,(H5-,22,23,24,25,33,34,35,36,37);2-4,6-7,10,15-17H,1H2,(H,11,12,18)/t10-,11-,13-,14-,15-,16-,20-,21-;4-,6-,7-,10-/m11/s1. The maximum Gasteiger partial charge on any atom is 0.478 e. The number of aliphatic hydroxyl groups is 7. The number of hydrogen-bond donors (Lipinski definition) is 11. The number of aromatic nitrogens is 9. The first kappa shape index (κ1) is 46.2. The predicted molar refractivity (Wildman–Crippen MR) is 198 cm³/mol. The van der Waals surface area contributed by atoms with Crippen LogP contribution in [-0.4, -0.2) is 160 Å². The molecule has 3 saturated heterocycles. The fraction of sp³-hybridized carbons (Fsp3) is 0.484. The van der Waals surface area contributed by atoms with Crippen LogP contribution >= 0.6 is 15.6 Å². The lowest BCUT2D eigenvalue weighted by Crippen LogP contribution is -2.46. The molecule has 3 aliphatic heterocycles. The van der Waals surface area contributed by atoms with E-state index in [1.54, 1.807) is 0 Å². The Hall–Kier alpha value is -4.82. The molecule has 0 aromatic carbocycles. The van der Waals surface area contributed by atoms with E-state index < -0.39 is 121 Å². The Morgan fingerprint density at radius 1 is 0.841 bits per heavy atom. The molecule has 30 nitrogen and oxygen atoms in total. The number of phosphoric ester groups is 2. The van der Waals surface area contributed by atoms with Gasteiger partial charge in [-0.3, -0.25) is 27.8 Å². The van der Waals surface area contributed by atoms with E-state index in [-0.39, 0.29) is 33.7 Å². The van der Waals surface area contributed by atoms with E-state index in [0.717, 1.165) is 6.33 Å². The van der Waals surface area contributed by atoms with Crippen molar-refractivity contribution in [2.45, 2.75) is 73.6 Å². The van der Waals surface area contributed by atoms with Gasteiger partial charge < -0.3 is 80.7 Å². The summed E-state index contributed by atoms with van der Waals surface area (Å²) in [6.45, 7) is -2.31. The molecule has 13 N–H and O–H groups in total. The van der Waals surface area contributed by atoms with Crippen LogP contribution in [0.1, 0.15) is 29.0 Å². The molecule has 63 heavy (non-hydrogen) atoms. The number of carbonyl (C=O) groups is 1. The summed E-state index contributed by atoms with van der Waals surface area (Å²) in [7, 11) is -11.0. The molecule has 3 aliphatic rings. The number of nitrogens with two attached hydrogens (primary N) is 2. The SMILES string of the molecule is NC(=O)c1ccc[n+]([C@@H]2O[C@H](COP(=O)([O-])OP(=O)(O)OC[C@H]3O[C@@H](n4cnc5c(N)ncnc54)[C@H](O)[C@@H]3O)[C@@H](O)[C@H]2O)c1.O=c1[nH]cnc2c1ncn2[C@@H]1O[C@H](CO)[C@@H](O)[C@H]1O. The Morgan fingerprint density at radius 2 is 1.43 bits per heavy atom. The summed E-state index contributed by atoms with van der Waals surface area (Å²) in [6.07, 6.45) is -8.84. The molecule has 0 bridgehead atoms. The van der Waals surface area contributed by atoms with Crippen LogP contribution in [0.15, 0.2) is 54.6 Å². The van der Waals surface area contributed by atoms with Crippen molar-refractivity contribution < 1.29 is 91.6 Å². The number of H-pyrrole nitrogens is 1. The van der Waals surface area contributed by atoms with E-state index in [0.29, 0.717) is 0 Å². The van der Waals surface area contributed by atoms with E-state index in [9.17, 15) is 59.1 Å². The second-order valence-electron chi connectivity index (χ2n) is 14.0. The number of imidazole rings is 2. The number of phosphoric acid groups is 2. The van der Waals surface area contributed by atoms with Crippen molar-refractivity contribution in [1.29, 1.82) is 0 Å². The minimum Gasteiger partial charge on any atom is -0.756 e. The van der Waals surface area contributed by atoms with Crippen LogP contribution in [0.25, 0.3) is 22.3 Å². The first-order valence-electron chi connectivity index (χ1n) is 18.2. The first-order chi connectivity index (χ1) is 29.8. The highest BCUT2D eigenvalue weighted by molar-refractivity contribution is 7.60. The molecule has 0 spiro atoms. The monoisotopic (exact) mass is 931 g/mol. The summed E-state index contributed by atoms with van der Waals surface area (Å²) < 4.78 is 58.2. The summed E-state index contributed by atoms with van der Waals surface area (Å²) in [5.41, 5.74) is 11.3. The lowest BCUT2D eigenvalue weighted by Gasteiger charge is -2.26. The molecule has 8 heterocycles. The second kappa shape index (κ2) is 18.3. The molecule has 1 amide bonds. The maximum absolute atomic E-state index is 12.4. The Bertz CT molecular complexity index is 2600. The highest BCUT2D eigenvalue weighted by atomic mass is 31.3. The topological polar surface area (TPSA) is 455 Å². The molecule has 8 rings (SSSR count). The molecular weight excluding hydrogens is 892 g/mol. The van der Waals surface area contributed by atoms with Gasteiger partial charge in [-0.15, -0.1) is 0 Å². The number of primary amides is 1. The van der Waals surface area contributed by atoms with Crippen molar-refractivity contribution in [1.82, 2.24) is 39.0 Å². The van der Waals surface area contributed by atoms with Gasteiger partial charge in [0.1, 0.15) is 66.2 Å². The quantitative estimate of drug-likeness (QED) is 0.0387.